The van der Waals surface area contributed by atoms with Crippen molar-refractivity contribution < 1.29 is 19.4 Å². The van der Waals surface area contributed by atoms with Crippen LogP contribution in [0.5, 0.6) is 5.75 Å². The second-order valence-electron chi connectivity index (χ2n) is 4.38. The summed E-state index contributed by atoms with van der Waals surface area (Å²) in [6.07, 6.45) is 2.28. The largest absolute Gasteiger partial charge is 0.497 e. The first kappa shape index (κ1) is 17.2. The number of hydrogen-bond acceptors (Lipinski definition) is 4. The summed E-state index contributed by atoms with van der Waals surface area (Å²) in [6.45, 7) is 0. The average Bonchev–Trinajstić information content (AvgIpc) is 2.50. The zero-order valence-corrected chi connectivity index (χ0v) is 13.1. The van der Waals surface area contributed by atoms with Gasteiger partial charge in [0.2, 0.25) is 0 Å². The third-order valence-corrected chi connectivity index (χ3v) is 3.61. The number of urea groups is 1. The first-order chi connectivity index (χ1) is 9.99. The number of nitrogens with zero attached hydrogens (tertiary/aromatic N) is 1. The lowest BCUT2D eigenvalue weighted by Crippen LogP contribution is -2.47. The van der Waals surface area contributed by atoms with Crippen LogP contribution < -0.4 is 15.0 Å². The van der Waals surface area contributed by atoms with Gasteiger partial charge in [-0.3, -0.25) is 4.90 Å². The number of amides is 2. The molecule has 1 unspecified atom stereocenters. The highest BCUT2D eigenvalue weighted by Crippen LogP contribution is 2.18. The van der Waals surface area contributed by atoms with E-state index in [4.69, 9.17) is 9.84 Å². The van der Waals surface area contributed by atoms with Crippen LogP contribution in [-0.4, -0.2) is 49.3 Å². The molecular weight excluding hydrogens is 292 g/mol. The molecule has 0 radical (unpaired) electrons. The Morgan fingerprint density at radius 2 is 2.00 bits per heavy atom. The molecule has 1 atom stereocenters. The molecule has 0 heterocycles. The molecule has 0 aliphatic carbocycles. The molecule has 0 aromatic heterocycles. The Balaban J connectivity index is 2.69. The molecule has 6 nitrogen and oxygen atoms in total. The molecule has 2 N–H and O–H groups in total. The number of thioether (sulfide) groups is 1. The lowest BCUT2D eigenvalue weighted by Gasteiger charge is -2.21. The molecule has 7 heteroatoms. The van der Waals surface area contributed by atoms with Crippen molar-refractivity contribution in [2.75, 3.05) is 31.1 Å². The maximum atomic E-state index is 12.1. The molecule has 1 aromatic carbocycles. The van der Waals surface area contributed by atoms with Gasteiger partial charge in [0, 0.05) is 12.7 Å². The monoisotopic (exact) mass is 312 g/mol. The fraction of sp³-hybridized carbons (Fsp3) is 0.429. The predicted octanol–water partition coefficient (Wildman–Crippen LogP) is 2.05. The normalized spacial score (nSPS) is 11.6. The number of carboxylic acid groups (broad SMARTS) is 1. The predicted molar refractivity (Wildman–Crippen MR) is 84.4 cm³/mol. The molecule has 0 aliphatic heterocycles. The summed E-state index contributed by atoms with van der Waals surface area (Å²) in [4.78, 5) is 24.6. The van der Waals surface area contributed by atoms with Crippen LogP contribution in [0.4, 0.5) is 10.5 Å². The maximum Gasteiger partial charge on any atom is 0.326 e. The molecule has 0 aliphatic rings. The third kappa shape index (κ3) is 5.18. The van der Waals surface area contributed by atoms with E-state index >= 15 is 0 Å². The summed E-state index contributed by atoms with van der Waals surface area (Å²) in [7, 11) is 3.15. The average molecular weight is 312 g/mol. The van der Waals surface area contributed by atoms with Crippen molar-refractivity contribution in [3.05, 3.63) is 24.3 Å². The number of methoxy groups -OCH3 is 1. The number of carbonyl (C=O) groups is 2. The van der Waals surface area contributed by atoms with Crippen molar-refractivity contribution >= 4 is 29.4 Å². The van der Waals surface area contributed by atoms with Crippen LogP contribution in [-0.2, 0) is 4.79 Å². The van der Waals surface area contributed by atoms with Crippen molar-refractivity contribution in [3.63, 3.8) is 0 Å². The van der Waals surface area contributed by atoms with Gasteiger partial charge in [0.05, 0.1) is 7.11 Å². The Hall–Kier alpha value is -1.89. The molecular formula is C14H20N2O4S. The van der Waals surface area contributed by atoms with E-state index in [1.54, 1.807) is 50.2 Å². The van der Waals surface area contributed by atoms with Crippen molar-refractivity contribution in [3.8, 4) is 5.75 Å². The summed E-state index contributed by atoms with van der Waals surface area (Å²) in [5.74, 6) is 0.334. The number of benzene rings is 1. The summed E-state index contributed by atoms with van der Waals surface area (Å²) >= 11 is 1.54. The van der Waals surface area contributed by atoms with Gasteiger partial charge in [-0.25, -0.2) is 9.59 Å². The highest BCUT2D eigenvalue weighted by atomic mass is 32.2. The fourth-order valence-electron chi connectivity index (χ4n) is 1.66. The number of rotatable bonds is 7. The van der Waals surface area contributed by atoms with E-state index in [9.17, 15) is 9.59 Å². The molecule has 0 spiro atoms. The topological polar surface area (TPSA) is 78.9 Å². The summed E-state index contributed by atoms with van der Waals surface area (Å²) in [5.41, 5.74) is 0.655. The number of aliphatic carboxylic acids is 1. The minimum atomic E-state index is -1.03. The molecule has 0 saturated carbocycles. The Morgan fingerprint density at radius 1 is 1.38 bits per heavy atom. The highest BCUT2D eigenvalue weighted by molar-refractivity contribution is 7.98. The standard InChI is InChI=1S/C14H20N2O4S/c1-16(10-4-6-11(20-2)7-5-10)14(19)15-12(13(17)18)8-9-21-3/h4-7,12H,8-9H2,1-3H3,(H,15,19)(H,17,18). The van der Waals surface area contributed by atoms with E-state index in [1.807, 2.05) is 6.26 Å². The van der Waals surface area contributed by atoms with Crippen LogP contribution in [0.2, 0.25) is 0 Å². The van der Waals surface area contributed by atoms with Crippen LogP contribution in [0.25, 0.3) is 0 Å². The third-order valence-electron chi connectivity index (χ3n) is 2.97. The molecule has 0 saturated heterocycles. The lowest BCUT2D eigenvalue weighted by atomic mass is 10.2. The van der Waals surface area contributed by atoms with E-state index < -0.39 is 18.0 Å². The van der Waals surface area contributed by atoms with Crippen molar-refractivity contribution in [2.45, 2.75) is 12.5 Å². The van der Waals surface area contributed by atoms with Crippen LogP contribution in [0.3, 0.4) is 0 Å². The summed E-state index contributed by atoms with van der Waals surface area (Å²) in [6, 6.07) is 5.61. The molecule has 21 heavy (non-hydrogen) atoms. The zero-order valence-electron chi connectivity index (χ0n) is 12.3. The summed E-state index contributed by atoms with van der Waals surface area (Å²) in [5, 5.41) is 11.6. The number of ether oxygens (including phenoxy) is 1. The minimum Gasteiger partial charge on any atom is -0.497 e. The highest BCUT2D eigenvalue weighted by Gasteiger charge is 2.21. The van der Waals surface area contributed by atoms with Crippen molar-refractivity contribution in [1.29, 1.82) is 0 Å². The SMILES string of the molecule is COc1ccc(N(C)C(=O)NC(CCSC)C(=O)O)cc1. The van der Waals surface area contributed by atoms with E-state index in [2.05, 4.69) is 5.32 Å². The van der Waals surface area contributed by atoms with Gasteiger partial charge in [-0.15, -0.1) is 0 Å². The summed E-state index contributed by atoms with van der Waals surface area (Å²) < 4.78 is 5.05. The van der Waals surface area contributed by atoms with Crippen molar-refractivity contribution in [1.82, 2.24) is 5.32 Å². The molecule has 116 valence electrons. The van der Waals surface area contributed by atoms with Crippen LogP contribution >= 0.6 is 11.8 Å². The van der Waals surface area contributed by atoms with Gasteiger partial charge in [-0.2, -0.15) is 11.8 Å². The molecule has 1 rings (SSSR count). The zero-order chi connectivity index (χ0) is 15.8. The number of anilines is 1. The second kappa shape index (κ2) is 8.41. The second-order valence-corrected chi connectivity index (χ2v) is 5.36. The smallest absolute Gasteiger partial charge is 0.326 e. The van der Waals surface area contributed by atoms with Crippen LogP contribution in [0.15, 0.2) is 24.3 Å². The molecule has 1 aromatic rings. The van der Waals surface area contributed by atoms with Gasteiger partial charge in [-0.1, -0.05) is 0 Å². The molecule has 0 bridgehead atoms. The number of carbonyl (C=O) groups excluding carboxylic acids is 1. The quantitative estimate of drug-likeness (QED) is 0.805. The van der Waals surface area contributed by atoms with Crippen molar-refractivity contribution in [2.24, 2.45) is 0 Å². The van der Waals surface area contributed by atoms with Gasteiger partial charge >= 0.3 is 12.0 Å². The molecule has 0 fully saturated rings. The molecule has 2 amide bonds. The van der Waals surface area contributed by atoms with Gasteiger partial charge in [0.25, 0.3) is 0 Å². The van der Waals surface area contributed by atoms with Gasteiger partial charge in [0.1, 0.15) is 11.8 Å². The Labute approximate surface area is 128 Å². The Morgan fingerprint density at radius 3 is 2.48 bits per heavy atom. The van der Waals surface area contributed by atoms with Crippen LogP contribution in [0.1, 0.15) is 6.42 Å². The van der Waals surface area contributed by atoms with Crippen LogP contribution in [0, 0.1) is 0 Å². The lowest BCUT2D eigenvalue weighted by molar-refractivity contribution is -0.139. The first-order valence-electron chi connectivity index (χ1n) is 6.39. The minimum absolute atomic E-state index is 0.388. The van der Waals surface area contributed by atoms with E-state index in [0.29, 0.717) is 23.6 Å². The fourth-order valence-corrected chi connectivity index (χ4v) is 2.13. The van der Waals surface area contributed by atoms with Gasteiger partial charge < -0.3 is 15.2 Å². The van der Waals surface area contributed by atoms with E-state index in [-0.39, 0.29) is 0 Å². The van der Waals surface area contributed by atoms with Gasteiger partial charge in [0.15, 0.2) is 0 Å². The van der Waals surface area contributed by atoms with E-state index in [1.165, 1.54) is 4.90 Å². The first-order valence-corrected chi connectivity index (χ1v) is 7.79. The number of carboxylic acids is 1. The number of hydrogen-bond donors (Lipinski definition) is 2. The number of nitrogens with one attached hydrogen (secondary N) is 1. The Bertz CT molecular complexity index is 478. The van der Waals surface area contributed by atoms with Gasteiger partial charge in [-0.05, 0) is 42.7 Å². The van der Waals surface area contributed by atoms with E-state index in [0.717, 1.165) is 0 Å². The maximum absolute atomic E-state index is 12.1. The Kier molecular flexibility index (Phi) is 6.87.